The van der Waals surface area contributed by atoms with E-state index in [1.807, 2.05) is 0 Å². The molecular weight excluding hydrogens is 277 g/mol. The Bertz CT molecular complexity index is 638. The third-order valence-corrected chi connectivity index (χ3v) is 2.67. The number of aliphatic carboxylic acids is 1. The lowest BCUT2D eigenvalue weighted by molar-refractivity contribution is -0.141. The number of anilines is 1. The van der Waals surface area contributed by atoms with Crippen molar-refractivity contribution >= 4 is 17.3 Å². The molecule has 2 rings (SSSR count). The molecule has 2 aromatic rings. The lowest BCUT2D eigenvalue weighted by Crippen LogP contribution is -2.30. The van der Waals surface area contributed by atoms with Crippen molar-refractivity contribution in [2.24, 2.45) is 0 Å². The Hall–Kier alpha value is -2.32. The van der Waals surface area contributed by atoms with Crippen molar-refractivity contribution in [3.05, 3.63) is 24.2 Å². The Balaban J connectivity index is 2.53. The van der Waals surface area contributed by atoms with E-state index in [9.17, 15) is 18.0 Å². The summed E-state index contributed by atoms with van der Waals surface area (Å²) in [6.07, 6.45) is -2.00. The van der Waals surface area contributed by atoms with Gasteiger partial charge in [-0.2, -0.15) is 18.3 Å². The first-order chi connectivity index (χ1) is 9.32. The Morgan fingerprint density at radius 2 is 2.20 bits per heavy atom. The fraction of sp³-hybridized carbons (Fsp3) is 0.364. The maximum atomic E-state index is 12.6. The monoisotopic (exact) mass is 288 g/mol. The van der Waals surface area contributed by atoms with Gasteiger partial charge in [0.2, 0.25) is 0 Å². The number of fused-ring (bicyclic) bond motifs is 1. The van der Waals surface area contributed by atoms with Gasteiger partial charge in [-0.25, -0.2) is 9.50 Å². The van der Waals surface area contributed by atoms with Crippen LogP contribution in [-0.4, -0.2) is 38.8 Å². The molecule has 0 saturated carbocycles. The van der Waals surface area contributed by atoms with Crippen LogP contribution in [0.25, 0.3) is 5.52 Å². The van der Waals surface area contributed by atoms with Gasteiger partial charge in [0.1, 0.15) is 12.1 Å². The summed E-state index contributed by atoms with van der Waals surface area (Å²) >= 11 is 0. The Morgan fingerprint density at radius 3 is 2.75 bits per heavy atom. The molecule has 0 bridgehead atoms. The second-order valence-corrected chi connectivity index (χ2v) is 4.02. The van der Waals surface area contributed by atoms with E-state index >= 15 is 0 Å². The average molecular weight is 288 g/mol. The maximum Gasteiger partial charge on any atom is 0.435 e. The minimum Gasteiger partial charge on any atom is -0.480 e. The average Bonchev–Trinajstić information content (AvgIpc) is 2.79. The Kier molecular flexibility index (Phi) is 3.51. The van der Waals surface area contributed by atoms with Gasteiger partial charge in [-0.3, -0.25) is 4.79 Å². The van der Waals surface area contributed by atoms with E-state index < -0.39 is 17.8 Å². The molecule has 0 aromatic carbocycles. The molecular formula is C11H11F3N4O2. The molecule has 0 atom stereocenters. The summed E-state index contributed by atoms with van der Waals surface area (Å²) in [5.41, 5.74) is -0.930. The van der Waals surface area contributed by atoms with Crippen LogP contribution in [0, 0.1) is 0 Å². The fourth-order valence-corrected chi connectivity index (χ4v) is 1.79. The first-order valence-corrected chi connectivity index (χ1v) is 5.71. The maximum absolute atomic E-state index is 12.6. The molecule has 2 aromatic heterocycles. The van der Waals surface area contributed by atoms with Crippen molar-refractivity contribution in [3.63, 3.8) is 0 Å². The molecule has 0 saturated heterocycles. The van der Waals surface area contributed by atoms with Gasteiger partial charge >= 0.3 is 12.1 Å². The van der Waals surface area contributed by atoms with Crippen LogP contribution in [0.3, 0.4) is 0 Å². The molecule has 0 unspecified atom stereocenters. The highest BCUT2D eigenvalue weighted by molar-refractivity contribution is 5.77. The Labute approximate surface area is 111 Å². The minimum atomic E-state index is -4.56. The normalized spacial score (nSPS) is 11.8. The second-order valence-electron chi connectivity index (χ2n) is 4.02. The van der Waals surface area contributed by atoms with Gasteiger partial charge in [0.25, 0.3) is 0 Å². The smallest absolute Gasteiger partial charge is 0.435 e. The summed E-state index contributed by atoms with van der Waals surface area (Å²) in [6.45, 7) is 1.64. The molecule has 0 spiro atoms. The van der Waals surface area contributed by atoms with Crippen LogP contribution >= 0.6 is 0 Å². The van der Waals surface area contributed by atoms with Crippen LogP contribution in [0.15, 0.2) is 18.5 Å². The van der Waals surface area contributed by atoms with Gasteiger partial charge in [-0.05, 0) is 6.92 Å². The number of hydrogen-bond donors (Lipinski definition) is 1. The number of alkyl halides is 3. The lowest BCUT2D eigenvalue weighted by atomic mass is 10.3. The number of rotatable bonds is 4. The van der Waals surface area contributed by atoms with Gasteiger partial charge in [-0.1, -0.05) is 0 Å². The third kappa shape index (κ3) is 2.65. The summed E-state index contributed by atoms with van der Waals surface area (Å²) in [6, 6.07) is 0.854. The first-order valence-electron chi connectivity index (χ1n) is 5.71. The van der Waals surface area contributed by atoms with Gasteiger partial charge < -0.3 is 10.0 Å². The molecule has 0 amide bonds. The van der Waals surface area contributed by atoms with Crippen LogP contribution in [0.2, 0.25) is 0 Å². The van der Waals surface area contributed by atoms with Gasteiger partial charge in [0.15, 0.2) is 11.5 Å². The number of halogens is 3. The van der Waals surface area contributed by atoms with Crippen molar-refractivity contribution in [2.75, 3.05) is 18.0 Å². The number of likely N-dealkylation sites (N-methyl/N-ethyl adjacent to an activating group) is 1. The standard InChI is InChI=1S/C11H11F3N4O2/c1-2-17(6-9(19)20)10-7-5-8(11(12,13)14)16-18(7)4-3-15-10/h3-5H,2,6H2,1H3,(H,19,20). The van der Waals surface area contributed by atoms with E-state index in [0.717, 1.165) is 10.6 Å². The summed E-state index contributed by atoms with van der Waals surface area (Å²) in [5.74, 6) is -0.938. The fourth-order valence-electron chi connectivity index (χ4n) is 1.79. The van der Waals surface area contributed by atoms with Crippen molar-refractivity contribution < 1.29 is 23.1 Å². The first kappa shape index (κ1) is 14.1. The second kappa shape index (κ2) is 4.99. The van der Waals surface area contributed by atoms with Gasteiger partial charge in [0, 0.05) is 25.0 Å². The van der Waals surface area contributed by atoms with Crippen LogP contribution in [0.1, 0.15) is 12.6 Å². The topological polar surface area (TPSA) is 70.7 Å². The number of carboxylic acids is 1. The van der Waals surface area contributed by atoms with Crippen LogP contribution in [-0.2, 0) is 11.0 Å². The quantitative estimate of drug-likeness (QED) is 0.926. The highest BCUT2D eigenvalue weighted by Crippen LogP contribution is 2.30. The molecule has 2 heterocycles. The van der Waals surface area contributed by atoms with Gasteiger partial charge in [-0.15, -0.1) is 0 Å². The molecule has 0 aliphatic rings. The molecule has 108 valence electrons. The van der Waals surface area contributed by atoms with E-state index in [1.165, 1.54) is 17.3 Å². The highest BCUT2D eigenvalue weighted by atomic mass is 19.4. The summed E-state index contributed by atoms with van der Waals surface area (Å²) < 4.78 is 39.0. The predicted molar refractivity (Wildman–Crippen MR) is 63.5 cm³/mol. The number of aromatic nitrogens is 3. The summed E-state index contributed by atoms with van der Waals surface area (Å²) in [4.78, 5) is 16.1. The molecule has 9 heteroatoms. The van der Waals surface area contributed by atoms with E-state index in [0.29, 0.717) is 6.54 Å². The number of carbonyl (C=O) groups is 1. The van der Waals surface area contributed by atoms with Crippen LogP contribution < -0.4 is 4.90 Å². The molecule has 0 aliphatic heterocycles. The molecule has 20 heavy (non-hydrogen) atoms. The Morgan fingerprint density at radius 1 is 1.50 bits per heavy atom. The largest absolute Gasteiger partial charge is 0.480 e. The zero-order valence-electron chi connectivity index (χ0n) is 10.4. The molecule has 0 radical (unpaired) electrons. The number of hydrogen-bond acceptors (Lipinski definition) is 4. The third-order valence-electron chi connectivity index (χ3n) is 2.67. The van der Waals surface area contributed by atoms with E-state index in [2.05, 4.69) is 10.1 Å². The number of carboxylic acid groups (broad SMARTS) is 1. The summed E-state index contributed by atoms with van der Waals surface area (Å²) in [7, 11) is 0. The SMILES string of the molecule is CCN(CC(=O)O)c1nccn2nc(C(F)(F)F)cc12. The van der Waals surface area contributed by atoms with Crippen LogP contribution in [0.4, 0.5) is 19.0 Å². The number of nitrogens with zero attached hydrogens (tertiary/aromatic N) is 4. The minimum absolute atomic E-state index is 0.114. The molecule has 0 fully saturated rings. The van der Waals surface area contributed by atoms with Crippen molar-refractivity contribution in [2.45, 2.75) is 13.1 Å². The van der Waals surface area contributed by atoms with Gasteiger partial charge in [0.05, 0.1) is 0 Å². The summed E-state index contributed by atoms with van der Waals surface area (Å²) in [5, 5.41) is 12.2. The van der Waals surface area contributed by atoms with Crippen LogP contribution in [0.5, 0.6) is 0 Å². The van der Waals surface area contributed by atoms with Crippen molar-refractivity contribution in [1.29, 1.82) is 0 Å². The van der Waals surface area contributed by atoms with E-state index in [1.54, 1.807) is 6.92 Å². The molecule has 6 nitrogen and oxygen atoms in total. The molecule has 0 aliphatic carbocycles. The zero-order valence-corrected chi connectivity index (χ0v) is 10.4. The van der Waals surface area contributed by atoms with E-state index in [-0.39, 0.29) is 17.9 Å². The molecule has 1 N–H and O–H groups in total. The lowest BCUT2D eigenvalue weighted by Gasteiger charge is -2.19. The zero-order chi connectivity index (χ0) is 14.9. The van der Waals surface area contributed by atoms with E-state index in [4.69, 9.17) is 5.11 Å². The van der Waals surface area contributed by atoms with Crippen molar-refractivity contribution in [3.8, 4) is 0 Å². The predicted octanol–water partition coefficient (Wildman–Crippen LogP) is 1.66. The highest BCUT2D eigenvalue weighted by Gasteiger charge is 2.34. The van der Waals surface area contributed by atoms with Crippen molar-refractivity contribution in [1.82, 2.24) is 14.6 Å².